The number of aryl methyl sites for hydroxylation is 1. The highest BCUT2D eigenvalue weighted by Gasteiger charge is 2.03. The minimum atomic E-state index is -0.880. The van der Waals surface area contributed by atoms with Crippen molar-refractivity contribution in [3.05, 3.63) is 59.7 Å². The highest BCUT2D eigenvalue weighted by Crippen LogP contribution is 2.21. The van der Waals surface area contributed by atoms with Gasteiger partial charge in [-0.3, -0.25) is 0 Å². The molecule has 29 heavy (non-hydrogen) atoms. The number of carbonyl (C=O) groups is 1. The molecule has 0 aliphatic carbocycles. The Hall–Kier alpha value is -2.09. The number of carboxylic acid groups (broad SMARTS) is 1. The van der Waals surface area contributed by atoms with Crippen molar-refractivity contribution in [3.63, 3.8) is 0 Å². The van der Waals surface area contributed by atoms with Crippen molar-refractivity contribution < 1.29 is 9.90 Å². The van der Waals surface area contributed by atoms with Gasteiger partial charge in [-0.15, -0.1) is 0 Å². The summed E-state index contributed by atoms with van der Waals surface area (Å²) in [7, 11) is 0. The molecular formula is C27H38O2. The number of aromatic carboxylic acids is 1. The van der Waals surface area contributed by atoms with Gasteiger partial charge in [0.25, 0.3) is 0 Å². The van der Waals surface area contributed by atoms with E-state index in [-0.39, 0.29) is 0 Å². The Balaban J connectivity index is 1.55. The fourth-order valence-corrected chi connectivity index (χ4v) is 3.84. The minimum absolute atomic E-state index is 0.331. The number of unbranched alkanes of at least 4 members (excludes halogenated alkanes) is 11. The molecular weight excluding hydrogens is 356 g/mol. The summed E-state index contributed by atoms with van der Waals surface area (Å²) in [6, 6.07) is 15.8. The van der Waals surface area contributed by atoms with Crippen LogP contribution in [0.25, 0.3) is 11.1 Å². The van der Waals surface area contributed by atoms with Crippen LogP contribution in [-0.2, 0) is 6.42 Å². The van der Waals surface area contributed by atoms with Crippen molar-refractivity contribution in [1.82, 2.24) is 0 Å². The van der Waals surface area contributed by atoms with E-state index in [0.717, 1.165) is 17.5 Å². The summed E-state index contributed by atoms with van der Waals surface area (Å²) in [5.41, 5.74) is 3.92. The lowest BCUT2D eigenvalue weighted by Gasteiger charge is -2.06. The molecule has 2 nitrogen and oxygen atoms in total. The first-order chi connectivity index (χ1) is 14.2. The average Bonchev–Trinajstić information content (AvgIpc) is 2.75. The van der Waals surface area contributed by atoms with Crippen molar-refractivity contribution in [3.8, 4) is 11.1 Å². The zero-order chi connectivity index (χ0) is 20.7. The Kier molecular flexibility index (Phi) is 11.2. The predicted octanol–water partition coefficient (Wildman–Crippen LogP) is 8.30. The highest BCUT2D eigenvalue weighted by atomic mass is 16.4. The van der Waals surface area contributed by atoms with Crippen LogP contribution in [0, 0.1) is 0 Å². The monoisotopic (exact) mass is 394 g/mol. The van der Waals surface area contributed by atoms with Crippen LogP contribution >= 0.6 is 0 Å². The molecule has 0 bridgehead atoms. The Morgan fingerprint density at radius 3 is 1.48 bits per heavy atom. The molecule has 0 spiro atoms. The summed E-state index contributed by atoms with van der Waals surface area (Å²) in [5.74, 6) is -0.880. The standard InChI is InChI=1S/C27H38O2/c1-2-3-4-5-6-7-8-9-10-11-12-13-14-23-15-17-24(18-16-23)25-19-21-26(22-20-25)27(28)29/h15-22H,2-14H2,1H3,(H,28,29). The second kappa shape index (κ2) is 14.0. The van der Waals surface area contributed by atoms with Crippen LogP contribution in [0.3, 0.4) is 0 Å². The third-order valence-corrected chi connectivity index (χ3v) is 5.74. The van der Waals surface area contributed by atoms with Gasteiger partial charge in [0.1, 0.15) is 0 Å². The third-order valence-electron chi connectivity index (χ3n) is 5.74. The summed E-state index contributed by atoms with van der Waals surface area (Å²) in [5, 5.41) is 8.99. The number of rotatable bonds is 15. The minimum Gasteiger partial charge on any atom is -0.478 e. The zero-order valence-electron chi connectivity index (χ0n) is 18.2. The van der Waals surface area contributed by atoms with Gasteiger partial charge in [0.2, 0.25) is 0 Å². The van der Waals surface area contributed by atoms with Crippen LogP contribution in [0.5, 0.6) is 0 Å². The van der Waals surface area contributed by atoms with Crippen molar-refractivity contribution in [2.75, 3.05) is 0 Å². The molecule has 0 saturated heterocycles. The number of hydrogen-bond acceptors (Lipinski definition) is 1. The normalized spacial score (nSPS) is 10.9. The molecule has 0 amide bonds. The van der Waals surface area contributed by atoms with Gasteiger partial charge < -0.3 is 5.11 Å². The fourth-order valence-electron chi connectivity index (χ4n) is 3.84. The van der Waals surface area contributed by atoms with Gasteiger partial charge >= 0.3 is 5.97 Å². The van der Waals surface area contributed by atoms with E-state index in [1.54, 1.807) is 12.1 Å². The molecule has 2 rings (SSSR count). The molecule has 0 atom stereocenters. The Morgan fingerprint density at radius 1 is 0.621 bits per heavy atom. The third kappa shape index (κ3) is 9.30. The number of carboxylic acids is 1. The highest BCUT2D eigenvalue weighted by molar-refractivity contribution is 5.88. The second-order valence-electron chi connectivity index (χ2n) is 8.22. The molecule has 158 valence electrons. The van der Waals surface area contributed by atoms with E-state index in [0.29, 0.717) is 5.56 Å². The van der Waals surface area contributed by atoms with Crippen LogP contribution in [0.1, 0.15) is 99.9 Å². The van der Waals surface area contributed by atoms with Crippen LogP contribution in [0.4, 0.5) is 0 Å². The summed E-state index contributed by atoms with van der Waals surface area (Å²) >= 11 is 0. The Labute approximate surface area is 177 Å². The molecule has 0 fully saturated rings. The lowest BCUT2D eigenvalue weighted by molar-refractivity contribution is 0.0697. The van der Waals surface area contributed by atoms with E-state index >= 15 is 0 Å². The van der Waals surface area contributed by atoms with Gasteiger partial charge in [0, 0.05) is 0 Å². The Bertz CT molecular complexity index is 685. The van der Waals surface area contributed by atoms with E-state index in [1.807, 2.05) is 12.1 Å². The fraction of sp³-hybridized carbons (Fsp3) is 0.519. The number of benzene rings is 2. The lowest BCUT2D eigenvalue weighted by atomic mass is 10.00. The maximum Gasteiger partial charge on any atom is 0.335 e. The quantitative estimate of drug-likeness (QED) is 0.308. The average molecular weight is 395 g/mol. The molecule has 0 heterocycles. The topological polar surface area (TPSA) is 37.3 Å². The summed E-state index contributed by atoms with van der Waals surface area (Å²) < 4.78 is 0. The van der Waals surface area contributed by atoms with Gasteiger partial charge in [-0.05, 0) is 41.7 Å². The van der Waals surface area contributed by atoms with Crippen molar-refractivity contribution >= 4 is 5.97 Å². The maximum atomic E-state index is 11.0. The van der Waals surface area contributed by atoms with Gasteiger partial charge in [-0.2, -0.15) is 0 Å². The van der Waals surface area contributed by atoms with E-state index in [4.69, 9.17) is 5.11 Å². The lowest BCUT2D eigenvalue weighted by Crippen LogP contribution is -1.95. The predicted molar refractivity (Wildman–Crippen MR) is 124 cm³/mol. The van der Waals surface area contributed by atoms with Gasteiger partial charge in [0.15, 0.2) is 0 Å². The molecule has 0 radical (unpaired) electrons. The van der Waals surface area contributed by atoms with Crippen LogP contribution in [0.15, 0.2) is 48.5 Å². The van der Waals surface area contributed by atoms with Crippen molar-refractivity contribution in [2.45, 2.75) is 90.4 Å². The SMILES string of the molecule is CCCCCCCCCCCCCCc1ccc(-c2ccc(C(=O)O)cc2)cc1. The Morgan fingerprint density at radius 2 is 1.03 bits per heavy atom. The number of hydrogen-bond donors (Lipinski definition) is 1. The van der Waals surface area contributed by atoms with Crippen molar-refractivity contribution in [2.24, 2.45) is 0 Å². The van der Waals surface area contributed by atoms with Crippen molar-refractivity contribution in [1.29, 1.82) is 0 Å². The molecule has 2 heteroatoms. The first-order valence-electron chi connectivity index (χ1n) is 11.6. The molecule has 0 aliphatic heterocycles. The molecule has 1 N–H and O–H groups in total. The summed E-state index contributed by atoms with van der Waals surface area (Å²) in [6.45, 7) is 2.28. The summed E-state index contributed by atoms with van der Waals surface area (Å²) in [6.07, 6.45) is 17.8. The van der Waals surface area contributed by atoms with Gasteiger partial charge in [-0.25, -0.2) is 4.79 Å². The van der Waals surface area contributed by atoms with E-state index in [1.165, 1.54) is 82.6 Å². The molecule has 0 unspecified atom stereocenters. The second-order valence-corrected chi connectivity index (χ2v) is 8.22. The molecule has 0 saturated carbocycles. The van der Waals surface area contributed by atoms with E-state index in [2.05, 4.69) is 31.2 Å². The van der Waals surface area contributed by atoms with E-state index < -0.39 is 5.97 Å². The molecule has 2 aromatic carbocycles. The van der Waals surface area contributed by atoms with Gasteiger partial charge in [0.05, 0.1) is 5.56 Å². The summed E-state index contributed by atoms with van der Waals surface area (Å²) in [4.78, 5) is 11.0. The zero-order valence-corrected chi connectivity index (χ0v) is 18.2. The smallest absolute Gasteiger partial charge is 0.335 e. The first-order valence-corrected chi connectivity index (χ1v) is 11.6. The van der Waals surface area contributed by atoms with Crippen LogP contribution < -0.4 is 0 Å². The maximum absolute atomic E-state index is 11.0. The van der Waals surface area contributed by atoms with Crippen LogP contribution in [0.2, 0.25) is 0 Å². The molecule has 0 aromatic heterocycles. The van der Waals surface area contributed by atoms with E-state index in [9.17, 15) is 4.79 Å². The largest absolute Gasteiger partial charge is 0.478 e. The van der Waals surface area contributed by atoms with Crippen LogP contribution in [-0.4, -0.2) is 11.1 Å². The first kappa shape index (κ1) is 23.2. The molecule has 2 aromatic rings. The van der Waals surface area contributed by atoms with Gasteiger partial charge in [-0.1, -0.05) is 114 Å². The molecule has 0 aliphatic rings.